The molecule has 2 N–H and O–H groups in total. The molecule has 2 aliphatic heterocycles. The Labute approximate surface area is 249 Å². The summed E-state index contributed by atoms with van der Waals surface area (Å²) in [5.74, 6) is -0.916. The molecule has 43 heavy (non-hydrogen) atoms. The van der Waals surface area contributed by atoms with Crippen molar-refractivity contribution in [2.45, 2.75) is 37.8 Å². The van der Waals surface area contributed by atoms with Gasteiger partial charge in [-0.25, -0.2) is 4.79 Å². The van der Waals surface area contributed by atoms with E-state index in [9.17, 15) is 19.2 Å². The van der Waals surface area contributed by atoms with Gasteiger partial charge in [0.15, 0.2) is 11.9 Å². The second-order valence-electron chi connectivity index (χ2n) is 10.7. The zero-order valence-electron chi connectivity index (χ0n) is 24.7. The number of hydrogen-bond donors (Lipinski definition) is 2. The van der Waals surface area contributed by atoms with E-state index in [0.29, 0.717) is 52.8 Å². The summed E-state index contributed by atoms with van der Waals surface area (Å²) in [4.78, 5) is 57.4. The Balaban J connectivity index is 1.13. The first-order valence-electron chi connectivity index (χ1n) is 14.1. The third-order valence-electron chi connectivity index (χ3n) is 7.77. The van der Waals surface area contributed by atoms with Crippen LogP contribution in [0.1, 0.15) is 46.7 Å². The number of methoxy groups -OCH3 is 2. The van der Waals surface area contributed by atoms with Gasteiger partial charge in [0, 0.05) is 70.5 Å². The summed E-state index contributed by atoms with van der Waals surface area (Å²) in [6, 6.07) is 3.34. The van der Waals surface area contributed by atoms with E-state index in [1.54, 1.807) is 47.8 Å². The van der Waals surface area contributed by atoms with E-state index < -0.39 is 18.0 Å². The Morgan fingerprint density at radius 1 is 1.05 bits per heavy atom. The minimum Gasteiger partial charge on any atom is -0.495 e. The molecular formula is C30H36N6O7. The van der Waals surface area contributed by atoms with E-state index in [1.807, 2.05) is 6.21 Å². The Bertz CT molecular complexity index is 1530. The van der Waals surface area contributed by atoms with Gasteiger partial charge in [0.05, 0.1) is 30.8 Å². The fourth-order valence-corrected chi connectivity index (χ4v) is 5.55. The molecule has 2 unspecified atom stereocenters. The van der Waals surface area contributed by atoms with Crippen LogP contribution in [0.4, 0.5) is 11.4 Å². The standard InChI is InChI=1S/C30H36N6O7/c1-34-15-18(11-23(34)29(39)33-19-12-24(30(40)42-4)35(2)16-19)32-26(37)8-6-10-43-25-13-22-21(27(38)28(25)41-3)17-36-9-5-7-20(36)14-31-22/h11-16,20,28H,5-10,17H2,1-4H3,(H,32,37)(H,33,39). The molecule has 2 amide bonds. The fourth-order valence-electron chi connectivity index (χ4n) is 5.55. The van der Waals surface area contributed by atoms with Gasteiger partial charge >= 0.3 is 5.97 Å². The zero-order chi connectivity index (χ0) is 30.7. The molecule has 228 valence electrons. The van der Waals surface area contributed by atoms with Crippen LogP contribution in [0.3, 0.4) is 0 Å². The van der Waals surface area contributed by atoms with E-state index in [4.69, 9.17) is 14.2 Å². The van der Waals surface area contributed by atoms with Gasteiger partial charge in [-0.1, -0.05) is 0 Å². The van der Waals surface area contributed by atoms with Crippen LogP contribution in [0, 0.1) is 0 Å². The van der Waals surface area contributed by atoms with E-state index in [0.717, 1.165) is 19.4 Å². The minimum atomic E-state index is -0.834. The summed E-state index contributed by atoms with van der Waals surface area (Å²) in [6.45, 7) is 1.70. The zero-order valence-corrected chi connectivity index (χ0v) is 24.7. The van der Waals surface area contributed by atoms with Crippen molar-refractivity contribution >= 4 is 41.2 Å². The molecule has 0 radical (unpaired) electrons. The number of allylic oxidation sites excluding steroid dienone is 1. The Morgan fingerprint density at radius 2 is 1.77 bits per heavy atom. The molecule has 2 aromatic rings. The summed E-state index contributed by atoms with van der Waals surface area (Å²) in [7, 11) is 6.13. The molecular weight excluding hydrogens is 556 g/mol. The van der Waals surface area contributed by atoms with E-state index >= 15 is 0 Å². The quantitative estimate of drug-likeness (QED) is 0.316. The number of carbonyl (C=O) groups excluding carboxylic acids is 4. The van der Waals surface area contributed by atoms with Crippen molar-refractivity contribution in [2.24, 2.45) is 19.1 Å². The van der Waals surface area contributed by atoms with Crippen LogP contribution in [0.2, 0.25) is 0 Å². The predicted octanol–water partition coefficient (Wildman–Crippen LogP) is 2.42. The number of anilines is 2. The van der Waals surface area contributed by atoms with Gasteiger partial charge in [0.1, 0.15) is 17.1 Å². The second kappa shape index (κ2) is 12.8. The summed E-state index contributed by atoms with van der Waals surface area (Å²) >= 11 is 0. The van der Waals surface area contributed by atoms with E-state index in [-0.39, 0.29) is 30.8 Å². The molecule has 2 aromatic heterocycles. The molecule has 3 aliphatic rings. The highest BCUT2D eigenvalue weighted by molar-refractivity contribution is 6.05. The van der Waals surface area contributed by atoms with Gasteiger partial charge in [0.2, 0.25) is 5.91 Å². The first-order valence-corrected chi connectivity index (χ1v) is 14.1. The lowest BCUT2D eigenvalue weighted by molar-refractivity contribution is -0.126. The van der Waals surface area contributed by atoms with E-state index in [2.05, 4.69) is 20.5 Å². The van der Waals surface area contributed by atoms with Crippen molar-refractivity contribution in [3.05, 3.63) is 59.0 Å². The average Bonchev–Trinajstić information content (AvgIpc) is 3.66. The van der Waals surface area contributed by atoms with Crippen LogP contribution in [0.25, 0.3) is 0 Å². The third-order valence-corrected chi connectivity index (χ3v) is 7.77. The first-order chi connectivity index (χ1) is 20.7. The van der Waals surface area contributed by atoms with Crippen LogP contribution in [-0.2, 0) is 37.9 Å². The second-order valence-corrected chi connectivity index (χ2v) is 10.7. The molecule has 0 spiro atoms. The number of fused-ring (bicyclic) bond motifs is 1. The van der Waals surface area contributed by atoms with Crippen molar-refractivity contribution in [1.82, 2.24) is 14.0 Å². The lowest BCUT2D eigenvalue weighted by atomic mass is 9.96. The van der Waals surface area contributed by atoms with Crippen LogP contribution in [0.5, 0.6) is 0 Å². The minimum absolute atomic E-state index is 0.141. The maximum Gasteiger partial charge on any atom is 0.354 e. The Kier molecular flexibility index (Phi) is 8.92. The van der Waals surface area contributed by atoms with Crippen LogP contribution < -0.4 is 10.6 Å². The molecule has 5 rings (SSSR count). The highest BCUT2D eigenvalue weighted by atomic mass is 16.5. The number of amides is 2. The fraction of sp³-hybridized carbons (Fsp3) is 0.433. The molecule has 1 aliphatic carbocycles. The lowest BCUT2D eigenvalue weighted by Crippen LogP contribution is -2.37. The molecule has 0 saturated carbocycles. The van der Waals surface area contributed by atoms with Crippen molar-refractivity contribution in [3.63, 3.8) is 0 Å². The molecule has 4 heterocycles. The molecule has 1 saturated heterocycles. The third kappa shape index (κ3) is 6.47. The van der Waals surface area contributed by atoms with Gasteiger partial charge < -0.3 is 34.0 Å². The average molecular weight is 593 g/mol. The molecule has 2 atom stereocenters. The number of rotatable bonds is 10. The number of nitrogens with one attached hydrogen (secondary N) is 2. The number of ketones is 1. The number of aliphatic imine (C=N–C) groups is 1. The topological polar surface area (TPSA) is 145 Å². The maximum atomic E-state index is 13.2. The summed E-state index contributed by atoms with van der Waals surface area (Å²) in [6.07, 6.45) is 8.78. The molecule has 1 fully saturated rings. The largest absolute Gasteiger partial charge is 0.495 e. The number of aromatic nitrogens is 2. The predicted molar refractivity (Wildman–Crippen MR) is 158 cm³/mol. The number of carbonyl (C=O) groups is 4. The smallest absolute Gasteiger partial charge is 0.354 e. The SMILES string of the molecule is COC(=O)c1cc(NC(=O)c2cc(NC(=O)CCCOC3=CC4=C(CN5CCCC5C=N4)C(=O)C3OC)cn2C)cn1C. The van der Waals surface area contributed by atoms with Crippen molar-refractivity contribution in [2.75, 3.05) is 44.5 Å². The van der Waals surface area contributed by atoms with Crippen LogP contribution >= 0.6 is 0 Å². The molecule has 13 heteroatoms. The number of nitrogens with zero attached hydrogens (tertiary/aromatic N) is 4. The first kappa shape index (κ1) is 30.0. The molecule has 13 nitrogen and oxygen atoms in total. The van der Waals surface area contributed by atoms with Crippen molar-refractivity contribution in [3.8, 4) is 0 Å². The van der Waals surface area contributed by atoms with Crippen LogP contribution in [0.15, 0.2) is 52.6 Å². The summed E-state index contributed by atoms with van der Waals surface area (Å²) in [5, 5.41) is 5.55. The van der Waals surface area contributed by atoms with Gasteiger partial charge in [-0.2, -0.15) is 0 Å². The summed E-state index contributed by atoms with van der Waals surface area (Å²) < 4.78 is 19.3. The summed E-state index contributed by atoms with van der Waals surface area (Å²) in [5.41, 5.74) is 2.77. The van der Waals surface area contributed by atoms with E-state index in [1.165, 1.54) is 20.3 Å². The maximum absolute atomic E-state index is 13.2. The van der Waals surface area contributed by atoms with Crippen molar-refractivity contribution < 1.29 is 33.4 Å². The molecule has 0 bridgehead atoms. The lowest BCUT2D eigenvalue weighted by Gasteiger charge is -2.26. The normalized spacial score (nSPS) is 19.8. The highest BCUT2D eigenvalue weighted by Gasteiger charge is 2.37. The van der Waals surface area contributed by atoms with Crippen LogP contribution in [-0.4, -0.2) is 89.9 Å². The number of aryl methyl sites for hydroxylation is 2. The number of hydrogen-bond acceptors (Lipinski definition) is 9. The Hall–Kier alpha value is -4.49. The highest BCUT2D eigenvalue weighted by Crippen LogP contribution is 2.30. The molecule has 0 aromatic carbocycles. The number of esters is 1. The number of ether oxygens (including phenoxy) is 3. The van der Waals surface area contributed by atoms with Gasteiger partial charge in [-0.3, -0.25) is 24.3 Å². The monoisotopic (exact) mass is 592 g/mol. The van der Waals surface area contributed by atoms with Gasteiger partial charge in [0.25, 0.3) is 5.91 Å². The van der Waals surface area contributed by atoms with Crippen molar-refractivity contribution in [1.29, 1.82) is 0 Å². The van der Waals surface area contributed by atoms with Gasteiger partial charge in [-0.15, -0.1) is 0 Å². The number of Topliss-reactive ketones (excluding diaryl/α,β-unsaturated/α-hetero) is 1. The van der Waals surface area contributed by atoms with Gasteiger partial charge in [-0.05, 0) is 37.9 Å². The Morgan fingerprint density at radius 3 is 2.51 bits per heavy atom.